The highest BCUT2D eigenvalue weighted by Gasteiger charge is 2.49. The molecule has 0 atom stereocenters. The summed E-state index contributed by atoms with van der Waals surface area (Å²) in [6.45, 7) is 0. The van der Waals surface area contributed by atoms with E-state index in [1.54, 1.807) is 0 Å². The number of nitrogens with zero attached hydrogens (tertiary/aromatic N) is 2. The van der Waals surface area contributed by atoms with Crippen molar-refractivity contribution in [2.75, 3.05) is 0 Å². The van der Waals surface area contributed by atoms with E-state index in [0.717, 1.165) is 28.1 Å². The van der Waals surface area contributed by atoms with Crippen molar-refractivity contribution in [1.29, 1.82) is 0 Å². The number of benzene rings is 7. The first-order chi connectivity index (χ1) is 24.3. The second kappa shape index (κ2) is 10.8. The largest absolute Gasteiger partial charge is 0.228 e. The van der Waals surface area contributed by atoms with Gasteiger partial charge in [-0.15, -0.1) is 0 Å². The van der Waals surface area contributed by atoms with Gasteiger partial charge in [0.2, 0.25) is 0 Å². The van der Waals surface area contributed by atoms with E-state index in [2.05, 4.69) is 158 Å². The lowest BCUT2D eigenvalue weighted by Gasteiger charge is -2.35. The number of hydrogen-bond donors (Lipinski definition) is 0. The molecule has 10 rings (SSSR count). The van der Waals surface area contributed by atoms with Crippen molar-refractivity contribution in [2.45, 2.75) is 5.41 Å². The van der Waals surface area contributed by atoms with Gasteiger partial charge in [-0.25, -0.2) is 9.97 Å². The lowest BCUT2D eigenvalue weighted by molar-refractivity contribution is 0.775. The molecule has 2 nitrogen and oxygen atoms in total. The minimum atomic E-state index is -0.536. The van der Waals surface area contributed by atoms with Crippen LogP contribution < -0.4 is 0 Å². The van der Waals surface area contributed by atoms with Gasteiger partial charge in [0.1, 0.15) is 0 Å². The Bertz CT molecular complexity index is 2450. The van der Waals surface area contributed by atoms with Crippen LogP contribution >= 0.6 is 0 Å². The SMILES string of the molecule is c1ccc(-c2cc(-c3ccc4c(c3)C3(c5ccccc5-c5ccccc5-4)c4ccccc4-c4ccccc43)nc(-c3ccccc3)n2)cc1. The van der Waals surface area contributed by atoms with Gasteiger partial charge in [0.15, 0.2) is 5.82 Å². The Labute approximate surface area is 286 Å². The lowest BCUT2D eigenvalue weighted by Crippen LogP contribution is -2.29. The van der Waals surface area contributed by atoms with Crippen LogP contribution in [0.4, 0.5) is 0 Å². The fourth-order valence-corrected chi connectivity index (χ4v) is 8.28. The zero-order valence-electron chi connectivity index (χ0n) is 26.7. The molecule has 0 aliphatic heterocycles. The summed E-state index contributed by atoms with van der Waals surface area (Å²) < 4.78 is 0. The number of aromatic nitrogens is 2. The zero-order chi connectivity index (χ0) is 32.4. The minimum Gasteiger partial charge on any atom is -0.228 e. The van der Waals surface area contributed by atoms with E-state index in [1.165, 1.54) is 55.6 Å². The van der Waals surface area contributed by atoms with Crippen LogP contribution in [0, 0.1) is 0 Å². The number of fused-ring (bicyclic) bond motifs is 12. The fraction of sp³-hybridized carbons (Fsp3) is 0.0213. The summed E-state index contributed by atoms with van der Waals surface area (Å²) in [4.78, 5) is 10.3. The lowest BCUT2D eigenvalue weighted by atomic mass is 9.65. The fourth-order valence-electron chi connectivity index (χ4n) is 8.28. The summed E-state index contributed by atoms with van der Waals surface area (Å²) in [7, 11) is 0. The smallest absolute Gasteiger partial charge is 0.160 e. The van der Waals surface area contributed by atoms with Gasteiger partial charge in [-0.05, 0) is 67.8 Å². The van der Waals surface area contributed by atoms with Gasteiger partial charge in [-0.3, -0.25) is 0 Å². The van der Waals surface area contributed by atoms with Crippen LogP contribution in [0.15, 0.2) is 182 Å². The zero-order valence-corrected chi connectivity index (χ0v) is 26.7. The van der Waals surface area contributed by atoms with E-state index < -0.39 is 5.41 Å². The van der Waals surface area contributed by atoms with Crippen molar-refractivity contribution < 1.29 is 0 Å². The highest BCUT2D eigenvalue weighted by atomic mass is 14.9. The van der Waals surface area contributed by atoms with Crippen LogP contribution in [0.1, 0.15) is 22.3 Å². The normalized spacial score (nSPS) is 13.1. The first kappa shape index (κ1) is 27.7. The van der Waals surface area contributed by atoms with Crippen molar-refractivity contribution >= 4 is 0 Å². The highest BCUT2D eigenvalue weighted by molar-refractivity contribution is 5.97. The molecule has 0 saturated heterocycles. The van der Waals surface area contributed by atoms with Crippen LogP contribution in [-0.4, -0.2) is 9.97 Å². The van der Waals surface area contributed by atoms with Crippen molar-refractivity contribution in [3.63, 3.8) is 0 Å². The molecule has 0 N–H and O–H groups in total. The van der Waals surface area contributed by atoms with Crippen LogP contribution in [-0.2, 0) is 5.41 Å². The number of hydrogen-bond acceptors (Lipinski definition) is 2. The predicted molar refractivity (Wildman–Crippen MR) is 200 cm³/mol. The Kier molecular flexibility index (Phi) is 6.13. The van der Waals surface area contributed by atoms with E-state index in [0.29, 0.717) is 5.82 Å². The van der Waals surface area contributed by atoms with E-state index >= 15 is 0 Å². The third-order valence-corrected chi connectivity index (χ3v) is 10.3. The molecule has 0 amide bonds. The molecule has 0 saturated carbocycles. The van der Waals surface area contributed by atoms with Gasteiger partial charge < -0.3 is 0 Å². The molecular weight excluding hydrogens is 593 g/mol. The maximum absolute atomic E-state index is 5.25. The highest BCUT2D eigenvalue weighted by Crippen LogP contribution is 2.61. The van der Waals surface area contributed by atoms with E-state index in [1.807, 2.05) is 24.3 Å². The van der Waals surface area contributed by atoms with Gasteiger partial charge in [0, 0.05) is 16.7 Å². The molecule has 7 aromatic carbocycles. The molecule has 2 heteroatoms. The van der Waals surface area contributed by atoms with E-state index in [4.69, 9.17) is 9.97 Å². The molecule has 0 radical (unpaired) electrons. The standard InChI is InChI=1S/C47H30N2/c1-3-15-31(16-4-1)44-30-45(49-46(48-44)32-17-5-2-6-18-32)33-27-28-39-35-20-8-7-19-34(35)36-21-9-12-24-40(36)47(43(39)29-33)41-25-13-10-22-37(41)38-23-11-14-26-42(38)47/h1-30H. The average molecular weight is 623 g/mol. The van der Waals surface area contributed by atoms with E-state index in [9.17, 15) is 0 Å². The van der Waals surface area contributed by atoms with Crippen molar-refractivity contribution in [3.8, 4) is 67.3 Å². The Morgan fingerprint density at radius 3 is 1.24 bits per heavy atom. The maximum Gasteiger partial charge on any atom is 0.160 e. The predicted octanol–water partition coefficient (Wildman–Crippen LogP) is 11.5. The van der Waals surface area contributed by atoms with Gasteiger partial charge >= 0.3 is 0 Å². The van der Waals surface area contributed by atoms with Gasteiger partial charge in [0.25, 0.3) is 0 Å². The summed E-state index contributed by atoms with van der Waals surface area (Å²) in [5, 5.41) is 0. The second-order valence-corrected chi connectivity index (χ2v) is 12.9. The molecule has 0 unspecified atom stereocenters. The minimum absolute atomic E-state index is 0.536. The molecular formula is C47H30N2. The topological polar surface area (TPSA) is 25.8 Å². The second-order valence-electron chi connectivity index (χ2n) is 12.9. The molecule has 0 bridgehead atoms. The third-order valence-electron chi connectivity index (χ3n) is 10.3. The molecule has 2 aliphatic carbocycles. The van der Waals surface area contributed by atoms with Crippen molar-refractivity contribution in [3.05, 3.63) is 204 Å². The molecule has 1 heterocycles. The van der Waals surface area contributed by atoms with E-state index in [-0.39, 0.29) is 0 Å². The molecule has 1 spiro atoms. The molecule has 0 fully saturated rings. The van der Waals surface area contributed by atoms with Gasteiger partial charge in [-0.2, -0.15) is 0 Å². The van der Waals surface area contributed by atoms with Crippen LogP contribution in [0.2, 0.25) is 0 Å². The summed E-state index contributed by atoms with van der Waals surface area (Å²) in [5.41, 5.74) is 17.2. The summed E-state index contributed by atoms with van der Waals surface area (Å²) in [6.07, 6.45) is 0. The Morgan fingerprint density at radius 1 is 0.286 bits per heavy atom. The molecule has 2 aliphatic rings. The average Bonchev–Trinajstić information content (AvgIpc) is 3.43. The van der Waals surface area contributed by atoms with Gasteiger partial charge in [0.05, 0.1) is 16.8 Å². The number of rotatable bonds is 3. The Hall–Kier alpha value is -6.38. The molecule has 228 valence electrons. The quantitative estimate of drug-likeness (QED) is 0.196. The van der Waals surface area contributed by atoms with Crippen LogP contribution in [0.5, 0.6) is 0 Å². The van der Waals surface area contributed by atoms with Crippen molar-refractivity contribution in [1.82, 2.24) is 9.97 Å². The molecule has 1 aromatic heterocycles. The molecule has 49 heavy (non-hydrogen) atoms. The first-order valence-corrected chi connectivity index (χ1v) is 16.8. The summed E-state index contributed by atoms with van der Waals surface area (Å²) in [5.74, 6) is 0.717. The van der Waals surface area contributed by atoms with Crippen LogP contribution in [0.25, 0.3) is 67.3 Å². The monoisotopic (exact) mass is 622 g/mol. The summed E-state index contributed by atoms with van der Waals surface area (Å²) in [6, 6.07) is 65.7. The van der Waals surface area contributed by atoms with Gasteiger partial charge in [-0.1, -0.05) is 170 Å². The maximum atomic E-state index is 5.25. The summed E-state index contributed by atoms with van der Waals surface area (Å²) >= 11 is 0. The van der Waals surface area contributed by atoms with Crippen LogP contribution in [0.3, 0.4) is 0 Å². The third kappa shape index (κ3) is 4.07. The first-order valence-electron chi connectivity index (χ1n) is 16.8. The Morgan fingerprint density at radius 2 is 0.694 bits per heavy atom. The Balaban J connectivity index is 1.32. The van der Waals surface area contributed by atoms with Crippen molar-refractivity contribution in [2.24, 2.45) is 0 Å². The molecule has 8 aromatic rings.